The Morgan fingerprint density at radius 1 is 0.917 bits per heavy atom. The van der Waals surface area contributed by atoms with E-state index in [0.29, 0.717) is 12.8 Å². The molecule has 0 saturated heterocycles. The van der Waals surface area contributed by atoms with Crippen molar-refractivity contribution in [1.82, 2.24) is 0 Å². The van der Waals surface area contributed by atoms with Gasteiger partial charge in [-0.25, -0.2) is 0 Å². The fourth-order valence-corrected chi connectivity index (χ4v) is 3.52. The van der Waals surface area contributed by atoms with Gasteiger partial charge in [-0.15, -0.1) is 0 Å². The smallest absolute Gasteiger partial charge is 0.196 e. The van der Waals surface area contributed by atoms with Crippen molar-refractivity contribution in [3.63, 3.8) is 0 Å². The maximum Gasteiger partial charge on any atom is 0.196 e. The Kier molecular flexibility index (Phi) is 3.51. The van der Waals surface area contributed by atoms with E-state index >= 15 is 0 Å². The van der Waals surface area contributed by atoms with Crippen molar-refractivity contribution in [1.29, 1.82) is 5.26 Å². The average Bonchev–Trinajstić information content (AvgIpc) is 2.81. The van der Waals surface area contributed by atoms with Crippen LogP contribution in [0.15, 0.2) is 60.8 Å². The molecule has 24 heavy (non-hydrogen) atoms. The van der Waals surface area contributed by atoms with Crippen LogP contribution < -0.4 is 4.73 Å². The summed E-state index contributed by atoms with van der Waals surface area (Å²) in [5, 5.41) is 21.9. The number of aromatic nitrogens is 1. The Morgan fingerprint density at radius 3 is 2.54 bits per heavy atom. The lowest BCUT2D eigenvalue weighted by molar-refractivity contribution is -0.613. The number of hydrogen-bond donors (Lipinski definition) is 0. The number of nitrogens with zero attached hydrogens (tertiary/aromatic N) is 2. The van der Waals surface area contributed by atoms with Gasteiger partial charge in [0.1, 0.15) is 0 Å². The van der Waals surface area contributed by atoms with Gasteiger partial charge in [-0.1, -0.05) is 42.5 Å². The number of nitriles is 1. The first-order valence-electron chi connectivity index (χ1n) is 8.07. The van der Waals surface area contributed by atoms with Crippen LogP contribution in [0.2, 0.25) is 0 Å². The second kappa shape index (κ2) is 5.82. The Bertz CT molecular complexity index is 956. The minimum Gasteiger partial charge on any atom is -0.618 e. The van der Waals surface area contributed by atoms with Gasteiger partial charge < -0.3 is 5.21 Å². The fraction of sp³-hybridized carbons (Fsp3) is 0.143. The number of pyridine rings is 1. The molecule has 0 spiro atoms. The van der Waals surface area contributed by atoms with E-state index < -0.39 is 0 Å². The van der Waals surface area contributed by atoms with Crippen LogP contribution in [0, 0.1) is 16.5 Å². The lowest BCUT2D eigenvalue weighted by atomic mass is 9.96. The van der Waals surface area contributed by atoms with Crippen LogP contribution in [0.3, 0.4) is 0 Å². The summed E-state index contributed by atoms with van der Waals surface area (Å²) in [5.41, 5.74) is 6.80. The van der Waals surface area contributed by atoms with Crippen LogP contribution in [0.5, 0.6) is 0 Å². The molecule has 1 heterocycles. The normalized spacial score (nSPS) is 12.6. The predicted octanol–water partition coefficient (Wildman–Crippen LogP) is 3.55. The van der Waals surface area contributed by atoms with E-state index in [9.17, 15) is 10.5 Å². The Labute approximate surface area is 141 Å². The maximum atomic E-state index is 12.6. The molecule has 4 rings (SSSR count). The molecule has 0 aliphatic heterocycles. The standard InChI is InChI=1S/C21H16N2O/c22-13-17-8-4-7-16-11-18-12-19(15-5-2-1-3-6-15)14-23(24)21(18)10-9-20(16)17/h1-8,12,14H,9-11H2. The molecular formula is C21H16N2O. The third kappa shape index (κ3) is 2.43. The van der Waals surface area contributed by atoms with Crippen molar-refractivity contribution in [3.8, 4) is 17.2 Å². The summed E-state index contributed by atoms with van der Waals surface area (Å²) in [6, 6.07) is 20.2. The van der Waals surface area contributed by atoms with Crippen LogP contribution in [0.4, 0.5) is 0 Å². The minimum atomic E-state index is 0.666. The summed E-state index contributed by atoms with van der Waals surface area (Å²) in [7, 11) is 0. The van der Waals surface area contributed by atoms with Crippen molar-refractivity contribution < 1.29 is 4.73 Å². The molecule has 0 unspecified atom stereocenters. The van der Waals surface area contributed by atoms with Gasteiger partial charge in [0.2, 0.25) is 0 Å². The molecular weight excluding hydrogens is 296 g/mol. The second-order valence-electron chi connectivity index (χ2n) is 6.12. The Hall–Kier alpha value is -3.12. The molecule has 0 radical (unpaired) electrons. The van der Waals surface area contributed by atoms with Gasteiger partial charge in [0.15, 0.2) is 11.9 Å². The highest BCUT2D eigenvalue weighted by molar-refractivity contribution is 5.63. The van der Waals surface area contributed by atoms with Gasteiger partial charge in [-0.05, 0) is 35.2 Å². The molecule has 3 nitrogen and oxygen atoms in total. The summed E-state index contributed by atoms with van der Waals surface area (Å²) in [6.07, 6.45) is 3.76. The molecule has 3 heteroatoms. The maximum absolute atomic E-state index is 12.6. The largest absolute Gasteiger partial charge is 0.618 e. The first kappa shape index (κ1) is 14.5. The van der Waals surface area contributed by atoms with E-state index in [1.807, 2.05) is 42.5 Å². The average molecular weight is 312 g/mol. The Balaban J connectivity index is 1.84. The molecule has 0 bridgehead atoms. The molecule has 0 amide bonds. The van der Waals surface area contributed by atoms with E-state index in [2.05, 4.69) is 18.2 Å². The summed E-state index contributed by atoms with van der Waals surface area (Å²) < 4.78 is 1.01. The summed E-state index contributed by atoms with van der Waals surface area (Å²) in [4.78, 5) is 0. The van der Waals surface area contributed by atoms with E-state index in [1.54, 1.807) is 6.20 Å². The first-order valence-corrected chi connectivity index (χ1v) is 8.07. The fourth-order valence-electron chi connectivity index (χ4n) is 3.52. The zero-order chi connectivity index (χ0) is 16.5. The predicted molar refractivity (Wildman–Crippen MR) is 92.2 cm³/mol. The number of benzene rings is 2. The summed E-state index contributed by atoms with van der Waals surface area (Å²) >= 11 is 0. The van der Waals surface area contributed by atoms with Crippen LogP contribution >= 0.6 is 0 Å². The lowest BCUT2D eigenvalue weighted by Gasteiger charge is -2.10. The second-order valence-corrected chi connectivity index (χ2v) is 6.12. The molecule has 116 valence electrons. The highest BCUT2D eigenvalue weighted by Crippen LogP contribution is 2.28. The first-order chi connectivity index (χ1) is 11.8. The molecule has 0 saturated carbocycles. The van der Waals surface area contributed by atoms with Gasteiger partial charge in [0.05, 0.1) is 11.6 Å². The molecule has 1 aliphatic carbocycles. The summed E-state index contributed by atoms with van der Waals surface area (Å²) in [6.45, 7) is 0. The number of rotatable bonds is 1. The summed E-state index contributed by atoms with van der Waals surface area (Å²) in [5.74, 6) is 0. The third-order valence-electron chi connectivity index (χ3n) is 4.72. The minimum absolute atomic E-state index is 0.666. The molecule has 2 aromatic carbocycles. The molecule has 3 aromatic rings. The van der Waals surface area contributed by atoms with Gasteiger partial charge in [-0.3, -0.25) is 0 Å². The van der Waals surface area contributed by atoms with Crippen LogP contribution in [-0.2, 0) is 19.3 Å². The topological polar surface area (TPSA) is 50.7 Å². The molecule has 1 aromatic heterocycles. The molecule has 0 atom stereocenters. The Morgan fingerprint density at radius 2 is 1.75 bits per heavy atom. The van der Waals surface area contributed by atoms with Crippen molar-refractivity contribution >= 4 is 0 Å². The molecule has 0 N–H and O–H groups in total. The van der Waals surface area contributed by atoms with E-state index in [0.717, 1.165) is 50.2 Å². The van der Waals surface area contributed by atoms with Crippen molar-refractivity contribution in [2.24, 2.45) is 0 Å². The van der Waals surface area contributed by atoms with E-state index in [4.69, 9.17) is 0 Å². The highest BCUT2D eigenvalue weighted by atomic mass is 16.5. The van der Waals surface area contributed by atoms with Crippen LogP contribution in [0.25, 0.3) is 11.1 Å². The molecule has 0 fully saturated rings. The van der Waals surface area contributed by atoms with Gasteiger partial charge >= 0.3 is 0 Å². The van der Waals surface area contributed by atoms with Gasteiger partial charge in [-0.2, -0.15) is 9.99 Å². The zero-order valence-corrected chi connectivity index (χ0v) is 13.2. The number of fused-ring (bicyclic) bond motifs is 2. The quantitative estimate of drug-likeness (QED) is 0.510. The number of hydrogen-bond acceptors (Lipinski definition) is 2. The van der Waals surface area contributed by atoms with Crippen LogP contribution in [0.1, 0.15) is 27.9 Å². The van der Waals surface area contributed by atoms with Gasteiger partial charge in [0.25, 0.3) is 0 Å². The lowest BCUT2D eigenvalue weighted by Crippen LogP contribution is -2.33. The third-order valence-corrected chi connectivity index (χ3v) is 4.72. The van der Waals surface area contributed by atoms with Gasteiger partial charge in [0, 0.05) is 24.0 Å². The van der Waals surface area contributed by atoms with Crippen molar-refractivity contribution in [3.05, 3.63) is 93.9 Å². The van der Waals surface area contributed by atoms with E-state index in [1.165, 1.54) is 0 Å². The van der Waals surface area contributed by atoms with Crippen molar-refractivity contribution in [2.45, 2.75) is 19.3 Å². The zero-order valence-electron chi connectivity index (χ0n) is 13.2. The SMILES string of the molecule is N#Cc1cccc2c1CCc1c(cc(-c3ccccc3)c[n+]1[O-])C2. The van der Waals surface area contributed by atoms with Crippen molar-refractivity contribution in [2.75, 3.05) is 0 Å². The highest BCUT2D eigenvalue weighted by Gasteiger charge is 2.22. The van der Waals surface area contributed by atoms with E-state index in [-0.39, 0.29) is 0 Å². The molecule has 1 aliphatic rings. The van der Waals surface area contributed by atoms with Crippen LogP contribution in [-0.4, -0.2) is 0 Å². The monoisotopic (exact) mass is 312 g/mol.